The molecular formula is C23H22N2O3+2. The highest BCUT2D eigenvalue weighted by molar-refractivity contribution is 5.77. The van der Waals surface area contributed by atoms with E-state index in [0.29, 0.717) is 17.9 Å². The molecular weight excluding hydrogens is 352 g/mol. The molecule has 0 unspecified atom stereocenters. The van der Waals surface area contributed by atoms with Gasteiger partial charge >= 0.3 is 5.63 Å². The molecule has 0 aliphatic heterocycles. The molecule has 5 nitrogen and oxygen atoms in total. The molecule has 3 aromatic heterocycles. The second-order valence-electron chi connectivity index (χ2n) is 6.73. The lowest BCUT2D eigenvalue weighted by Crippen LogP contribution is -2.33. The van der Waals surface area contributed by atoms with E-state index in [1.54, 1.807) is 12.1 Å². The zero-order valence-electron chi connectivity index (χ0n) is 15.7. The highest BCUT2D eigenvalue weighted by Gasteiger charge is 2.05. The highest BCUT2D eigenvalue weighted by Crippen LogP contribution is 2.19. The van der Waals surface area contributed by atoms with Crippen molar-refractivity contribution in [2.45, 2.75) is 13.0 Å². The monoisotopic (exact) mass is 374 g/mol. The number of nitrogens with zero attached hydrogens (tertiary/aromatic N) is 2. The predicted octanol–water partition coefficient (Wildman–Crippen LogP) is 3.04. The maximum Gasteiger partial charge on any atom is 0.336 e. The van der Waals surface area contributed by atoms with Crippen LogP contribution in [0.4, 0.5) is 0 Å². The number of hydrogen-bond donors (Lipinski definition) is 0. The number of pyridine rings is 2. The van der Waals surface area contributed by atoms with E-state index in [-0.39, 0.29) is 5.63 Å². The van der Waals surface area contributed by atoms with Crippen molar-refractivity contribution in [3.63, 3.8) is 0 Å². The van der Waals surface area contributed by atoms with Crippen molar-refractivity contribution >= 4 is 11.0 Å². The van der Waals surface area contributed by atoms with Crippen molar-refractivity contribution in [1.29, 1.82) is 0 Å². The Bertz CT molecular complexity index is 1130. The lowest BCUT2D eigenvalue weighted by atomic mass is 10.1. The van der Waals surface area contributed by atoms with Crippen LogP contribution in [0.15, 0.2) is 88.6 Å². The third kappa shape index (κ3) is 4.26. The summed E-state index contributed by atoms with van der Waals surface area (Å²) in [5.74, 6) is 0.708. The number of benzene rings is 1. The fourth-order valence-electron chi connectivity index (χ4n) is 3.06. The Labute approximate surface area is 163 Å². The van der Waals surface area contributed by atoms with Gasteiger partial charge in [-0.25, -0.2) is 13.9 Å². The molecule has 0 N–H and O–H groups in total. The van der Waals surface area contributed by atoms with Crippen LogP contribution in [0.5, 0.6) is 5.75 Å². The zero-order chi connectivity index (χ0) is 19.3. The number of fused-ring (bicyclic) bond motifs is 1. The first-order chi connectivity index (χ1) is 13.7. The summed E-state index contributed by atoms with van der Waals surface area (Å²) in [5, 5.41) is 0.884. The molecule has 5 heteroatoms. The average Bonchev–Trinajstić information content (AvgIpc) is 2.72. The third-order valence-electron chi connectivity index (χ3n) is 4.63. The molecule has 0 bridgehead atoms. The fraction of sp³-hybridized carbons (Fsp3) is 0.174. The maximum atomic E-state index is 11.3. The molecule has 0 atom stereocenters. The number of ether oxygens (including phenoxy) is 1. The molecule has 0 saturated carbocycles. The van der Waals surface area contributed by atoms with Crippen LogP contribution in [0, 0.1) is 0 Å². The van der Waals surface area contributed by atoms with E-state index < -0.39 is 0 Å². The summed E-state index contributed by atoms with van der Waals surface area (Å²) in [7, 11) is 2.01. The summed E-state index contributed by atoms with van der Waals surface area (Å²) in [6.07, 6.45) is 9.15. The molecule has 3 heterocycles. The first-order valence-electron chi connectivity index (χ1n) is 9.29. The molecule has 0 spiro atoms. The van der Waals surface area contributed by atoms with Crippen LogP contribution >= 0.6 is 0 Å². The Hall–Kier alpha value is -3.47. The summed E-state index contributed by atoms with van der Waals surface area (Å²) in [5.41, 5.74) is 2.60. The molecule has 28 heavy (non-hydrogen) atoms. The van der Waals surface area contributed by atoms with E-state index in [2.05, 4.69) is 41.2 Å². The number of hydrogen-bond acceptors (Lipinski definition) is 3. The van der Waals surface area contributed by atoms with Gasteiger partial charge in [0.2, 0.25) is 0 Å². The highest BCUT2D eigenvalue weighted by atomic mass is 16.5. The molecule has 0 radical (unpaired) electrons. The molecule has 4 aromatic rings. The van der Waals surface area contributed by atoms with Crippen molar-refractivity contribution < 1.29 is 18.3 Å². The van der Waals surface area contributed by atoms with Crippen LogP contribution in [-0.4, -0.2) is 6.61 Å². The Morgan fingerprint density at radius 3 is 2.32 bits per heavy atom. The molecule has 1 aromatic carbocycles. The van der Waals surface area contributed by atoms with Crippen molar-refractivity contribution in [2.24, 2.45) is 7.05 Å². The van der Waals surface area contributed by atoms with Gasteiger partial charge in [0, 0.05) is 48.2 Å². The van der Waals surface area contributed by atoms with Gasteiger partial charge in [-0.1, -0.05) is 0 Å². The topological polar surface area (TPSA) is 47.2 Å². The van der Waals surface area contributed by atoms with E-state index in [0.717, 1.165) is 18.4 Å². The van der Waals surface area contributed by atoms with Crippen LogP contribution in [0.25, 0.3) is 22.1 Å². The van der Waals surface area contributed by atoms with Gasteiger partial charge in [-0.2, -0.15) is 0 Å². The van der Waals surface area contributed by atoms with Crippen LogP contribution in [-0.2, 0) is 13.6 Å². The van der Waals surface area contributed by atoms with E-state index in [9.17, 15) is 4.79 Å². The number of rotatable bonds is 6. The van der Waals surface area contributed by atoms with Crippen LogP contribution < -0.4 is 19.5 Å². The predicted molar refractivity (Wildman–Crippen MR) is 106 cm³/mol. The Kier molecular flexibility index (Phi) is 5.15. The largest absolute Gasteiger partial charge is 0.493 e. The number of aromatic nitrogens is 2. The smallest absolute Gasteiger partial charge is 0.336 e. The van der Waals surface area contributed by atoms with Gasteiger partial charge in [-0.3, -0.25) is 0 Å². The van der Waals surface area contributed by atoms with Crippen LogP contribution in [0.2, 0.25) is 0 Å². The van der Waals surface area contributed by atoms with Crippen LogP contribution in [0.3, 0.4) is 0 Å². The van der Waals surface area contributed by atoms with E-state index >= 15 is 0 Å². The second-order valence-corrected chi connectivity index (χ2v) is 6.73. The Morgan fingerprint density at radius 1 is 0.893 bits per heavy atom. The summed E-state index contributed by atoms with van der Waals surface area (Å²) < 4.78 is 15.2. The van der Waals surface area contributed by atoms with Crippen molar-refractivity contribution in [3.05, 3.63) is 89.8 Å². The Morgan fingerprint density at radius 2 is 1.57 bits per heavy atom. The average molecular weight is 374 g/mol. The second kappa shape index (κ2) is 8.05. The van der Waals surface area contributed by atoms with Crippen molar-refractivity contribution in [2.75, 3.05) is 6.61 Å². The molecule has 0 saturated heterocycles. The van der Waals surface area contributed by atoms with Gasteiger partial charge in [-0.15, -0.1) is 0 Å². The van der Waals surface area contributed by atoms with Gasteiger partial charge in [0.1, 0.15) is 18.4 Å². The van der Waals surface area contributed by atoms with Gasteiger partial charge in [0.15, 0.2) is 31.3 Å². The molecule has 140 valence electrons. The first-order valence-corrected chi connectivity index (χ1v) is 9.29. The minimum absolute atomic E-state index is 0.353. The minimum atomic E-state index is -0.353. The van der Waals surface area contributed by atoms with E-state index in [1.165, 1.54) is 17.2 Å². The standard InChI is InChI=1S/C23H22N2O3/c1-24-12-7-18(8-13-24)19-9-14-25(15-10-19)11-2-16-27-21-5-3-20-4-6-23(26)28-22(20)17-21/h3-10,12-15,17H,2,11,16H2,1H3/q+2. The molecule has 0 amide bonds. The molecule has 4 rings (SSSR count). The minimum Gasteiger partial charge on any atom is -0.493 e. The maximum absolute atomic E-state index is 11.3. The SMILES string of the molecule is C[n+]1ccc(-c2cc[n+](CCCOc3ccc4ccc(=O)oc4c3)cc2)cc1. The number of aryl methyl sites for hydroxylation is 2. The van der Waals surface area contributed by atoms with Gasteiger partial charge < -0.3 is 9.15 Å². The van der Waals surface area contributed by atoms with Crippen molar-refractivity contribution in [1.82, 2.24) is 0 Å². The molecule has 0 aliphatic carbocycles. The van der Waals surface area contributed by atoms with Gasteiger partial charge in [0.25, 0.3) is 0 Å². The first kappa shape index (κ1) is 17.9. The summed E-state index contributed by atoms with van der Waals surface area (Å²) in [6.45, 7) is 1.46. The van der Waals surface area contributed by atoms with E-state index in [4.69, 9.17) is 9.15 Å². The van der Waals surface area contributed by atoms with Gasteiger partial charge in [-0.05, 0) is 29.3 Å². The lowest BCUT2D eigenvalue weighted by Gasteiger charge is -2.06. The summed E-state index contributed by atoms with van der Waals surface area (Å²) in [4.78, 5) is 11.3. The molecule has 0 aliphatic rings. The third-order valence-corrected chi connectivity index (χ3v) is 4.63. The zero-order valence-corrected chi connectivity index (χ0v) is 15.7. The van der Waals surface area contributed by atoms with Crippen LogP contribution in [0.1, 0.15) is 6.42 Å². The lowest BCUT2D eigenvalue weighted by molar-refractivity contribution is -0.697. The van der Waals surface area contributed by atoms with Gasteiger partial charge in [0.05, 0.1) is 6.61 Å². The summed E-state index contributed by atoms with van der Waals surface area (Å²) in [6, 6.07) is 17.2. The fourth-order valence-corrected chi connectivity index (χ4v) is 3.06. The normalized spacial score (nSPS) is 10.9. The molecule has 0 fully saturated rings. The Balaban J connectivity index is 1.31. The quantitative estimate of drug-likeness (QED) is 0.296. The van der Waals surface area contributed by atoms with E-state index in [1.807, 2.05) is 36.1 Å². The van der Waals surface area contributed by atoms with Crippen molar-refractivity contribution in [3.8, 4) is 16.9 Å². The summed E-state index contributed by atoms with van der Waals surface area (Å²) >= 11 is 0.